The van der Waals surface area contributed by atoms with Gasteiger partial charge in [-0.3, -0.25) is 4.79 Å². The molecule has 0 aliphatic carbocycles. The number of methoxy groups -OCH3 is 2. The van der Waals surface area contributed by atoms with Crippen molar-refractivity contribution in [2.75, 3.05) is 14.2 Å². The van der Waals surface area contributed by atoms with Gasteiger partial charge in [0.2, 0.25) is 5.91 Å². The lowest BCUT2D eigenvalue weighted by Crippen LogP contribution is -2.29. The minimum Gasteiger partial charge on any atom is -0.493 e. The number of benzene rings is 2. The molecule has 1 N–H and O–H groups in total. The van der Waals surface area contributed by atoms with Gasteiger partial charge >= 0.3 is 0 Å². The molecule has 0 fully saturated rings. The van der Waals surface area contributed by atoms with Crippen molar-refractivity contribution >= 4 is 5.91 Å². The van der Waals surface area contributed by atoms with Crippen molar-refractivity contribution in [2.24, 2.45) is 0 Å². The summed E-state index contributed by atoms with van der Waals surface area (Å²) in [4.78, 5) is 12.6. The van der Waals surface area contributed by atoms with Crippen molar-refractivity contribution < 1.29 is 14.3 Å². The first-order valence-electron chi connectivity index (χ1n) is 8.23. The molecule has 2 aromatic carbocycles. The second kappa shape index (κ2) is 8.96. The third kappa shape index (κ3) is 4.51. The van der Waals surface area contributed by atoms with Gasteiger partial charge in [-0.15, -0.1) is 0 Å². The molecular weight excluding hydrogens is 302 g/mol. The molecule has 0 aliphatic heterocycles. The molecule has 24 heavy (non-hydrogen) atoms. The quantitative estimate of drug-likeness (QED) is 0.800. The Morgan fingerprint density at radius 1 is 1.04 bits per heavy atom. The largest absolute Gasteiger partial charge is 0.493 e. The summed E-state index contributed by atoms with van der Waals surface area (Å²) in [6.07, 6.45) is 1.80. The van der Waals surface area contributed by atoms with E-state index in [1.165, 1.54) is 0 Å². The predicted octanol–water partition coefficient (Wildman–Crippen LogP) is 3.90. The van der Waals surface area contributed by atoms with Crippen LogP contribution in [0.1, 0.15) is 36.8 Å². The molecule has 2 aromatic rings. The van der Waals surface area contributed by atoms with E-state index in [2.05, 4.69) is 12.2 Å². The van der Waals surface area contributed by atoms with Gasteiger partial charge in [-0.1, -0.05) is 49.7 Å². The molecule has 128 valence electrons. The first kappa shape index (κ1) is 17.9. The standard InChI is InChI=1S/C20H25NO3/c1-4-8-17(16-9-6-5-7-10-16)20(22)21-14-15-11-12-18(23-2)19(13-15)24-3/h5-7,9-13,17H,4,8,14H2,1-3H3,(H,21,22)/t17-/m0/s1. The van der Waals surface area contributed by atoms with Gasteiger partial charge in [0.15, 0.2) is 11.5 Å². The van der Waals surface area contributed by atoms with Crippen LogP contribution in [0.4, 0.5) is 0 Å². The normalized spacial score (nSPS) is 11.6. The Morgan fingerprint density at radius 3 is 2.38 bits per heavy atom. The average Bonchev–Trinajstić information content (AvgIpc) is 2.64. The van der Waals surface area contributed by atoms with Gasteiger partial charge in [0.25, 0.3) is 0 Å². The summed E-state index contributed by atoms with van der Waals surface area (Å²) < 4.78 is 10.5. The van der Waals surface area contributed by atoms with E-state index >= 15 is 0 Å². The molecule has 0 aliphatic rings. The monoisotopic (exact) mass is 327 g/mol. The van der Waals surface area contributed by atoms with Crippen LogP contribution in [-0.4, -0.2) is 20.1 Å². The number of hydrogen-bond donors (Lipinski definition) is 1. The molecule has 1 atom stereocenters. The fourth-order valence-corrected chi connectivity index (χ4v) is 2.73. The van der Waals surface area contributed by atoms with Crippen LogP contribution >= 0.6 is 0 Å². The number of carbonyl (C=O) groups is 1. The smallest absolute Gasteiger partial charge is 0.227 e. The minimum atomic E-state index is -0.114. The maximum absolute atomic E-state index is 12.6. The Morgan fingerprint density at radius 2 is 1.75 bits per heavy atom. The molecule has 4 nitrogen and oxygen atoms in total. The summed E-state index contributed by atoms with van der Waals surface area (Å²) in [5, 5.41) is 3.04. The van der Waals surface area contributed by atoms with Gasteiger partial charge in [0.05, 0.1) is 20.1 Å². The number of ether oxygens (including phenoxy) is 2. The molecule has 0 bridgehead atoms. The van der Waals surface area contributed by atoms with E-state index in [1.807, 2.05) is 48.5 Å². The average molecular weight is 327 g/mol. The summed E-state index contributed by atoms with van der Waals surface area (Å²) >= 11 is 0. The maximum atomic E-state index is 12.6. The molecule has 0 saturated heterocycles. The summed E-state index contributed by atoms with van der Waals surface area (Å²) in [6, 6.07) is 15.6. The van der Waals surface area contributed by atoms with Crippen LogP contribution in [0.25, 0.3) is 0 Å². The summed E-state index contributed by atoms with van der Waals surface area (Å²) in [5.41, 5.74) is 2.04. The van der Waals surface area contributed by atoms with Gasteiger partial charge in [0, 0.05) is 6.54 Å². The van der Waals surface area contributed by atoms with E-state index in [4.69, 9.17) is 9.47 Å². The Bertz CT molecular complexity index is 655. The fraction of sp³-hybridized carbons (Fsp3) is 0.350. The second-order valence-electron chi connectivity index (χ2n) is 5.66. The van der Waals surface area contributed by atoms with E-state index in [-0.39, 0.29) is 11.8 Å². The fourth-order valence-electron chi connectivity index (χ4n) is 2.73. The van der Waals surface area contributed by atoms with Crippen LogP contribution in [0.3, 0.4) is 0 Å². The van der Waals surface area contributed by atoms with Crippen molar-refractivity contribution in [3.8, 4) is 11.5 Å². The van der Waals surface area contributed by atoms with E-state index in [9.17, 15) is 4.79 Å². The van der Waals surface area contributed by atoms with Crippen LogP contribution in [0.2, 0.25) is 0 Å². The van der Waals surface area contributed by atoms with Crippen molar-refractivity contribution in [3.63, 3.8) is 0 Å². The zero-order valence-corrected chi connectivity index (χ0v) is 14.5. The van der Waals surface area contributed by atoms with Crippen molar-refractivity contribution in [3.05, 3.63) is 59.7 Å². The number of carbonyl (C=O) groups excluding carboxylic acids is 1. The number of nitrogens with one attached hydrogen (secondary N) is 1. The topological polar surface area (TPSA) is 47.6 Å². The highest BCUT2D eigenvalue weighted by atomic mass is 16.5. The van der Waals surface area contributed by atoms with E-state index in [1.54, 1.807) is 14.2 Å². The highest BCUT2D eigenvalue weighted by molar-refractivity contribution is 5.83. The molecule has 0 saturated carbocycles. The van der Waals surface area contributed by atoms with Gasteiger partial charge < -0.3 is 14.8 Å². The molecule has 0 aromatic heterocycles. The van der Waals surface area contributed by atoms with E-state index in [0.29, 0.717) is 18.0 Å². The lowest BCUT2D eigenvalue weighted by Gasteiger charge is -2.17. The zero-order chi connectivity index (χ0) is 17.4. The summed E-state index contributed by atoms with van der Waals surface area (Å²) in [6.45, 7) is 2.56. The Balaban J connectivity index is 2.05. The number of rotatable bonds is 8. The lowest BCUT2D eigenvalue weighted by molar-refractivity contribution is -0.122. The molecule has 0 unspecified atom stereocenters. The van der Waals surface area contributed by atoms with Gasteiger partial charge in [0.1, 0.15) is 0 Å². The minimum absolute atomic E-state index is 0.0536. The van der Waals surface area contributed by atoms with Crippen LogP contribution in [0.5, 0.6) is 11.5 Å². The Hall–Kier alpha value is -2.49. The predicted molar refractivity (Wildman–Crippen MR) is 95.5 cm³/mol. The second-order valence-corrected chi connectivity index (χ2v) is 5.66. The van der Waals surface area contributed by atoms with E-state index in [0.717, 1.165) is 24.0 Å². The maximum Gasteiger partial charge on any atom is 0.227 e. The number of amides is 1. The molecule has 0 heterocycles. The van der Waals surface area contributed by atoms with Crippen molar-refractivity contribution in [2.45, 2.75) is 32.2 Å². The van der Waals surface area contributed by atoms with E-state index < -0.39 is 0 Å². The molecule has 0 radical (unpaired) electrons. The lowest BCUT2D eigenvalue weighted by atomic mass is 9.93. The molecule has 0 spiro atoms. The Kier molecular flexibility index (Phi) is 6.67. The zero-order valence-electron chi connectivity index (χ0n) is 14.5. The van der Waals surface area contributed by atoms with Crippen molar-refractivity contribution in [1.82, 2.24) is 5.32 Å². The van der Waals surface area contributed by atoms with Crippen LogP contribution in [0.15, 0.2) is 48.5 Å². The summed E-state index contributed by atoms with van der Waals surface area (Å²) in [5.74, 6) is 1.28. The highest BCUT2D eigenvalue weighted by Crippen LogP contribution is 2.27. The SMILES string of the molecule is CCC[C@H](C(=O)NCc1ccc(OC)c(OC)c1)c1ccccc1. The third-order valence-corrected chi connectivity index (χ3v) is 4.01. The summed E-state index contributed by atoms with van der Waals surface area (Å²) in [7, 11) is 3.21. The van der Waals surface area contributed by atoms with Crippen LogP contribution in [-0.2, 0) is 11.3 Å². The number of hydrogen-bond acceptors (Lipinski definition) is 3. The van der Waals surface area contributed by atoms with Crippen LogP contribution < -0.4 is 14.8 Å². The first-order valence-corrected chi connectivity index (χ1v) is 8.23. The van der Waals surface area contributed by atoms with Crippen LogP contribution in [0, 0.1) is 0 Å². The first-order chi connectivity index (χ1) is 11.7. The highest BCUT2D eigenvalue weighted by Gasteiger charge is 2.19. The van der Waals surface area contributed by atoms with Gasteiger partial charge in [-0.25, -0.2) is 0 Å². The molecule has 2 rings (SSSR count). The van der Waals surface area contributed by atoms with Crippen molar-refractivity contribution in [1.29, 1.82) is 0 Å². The molecule has 1 amide bonds. The van der Waals surface area contributed by atoms with Gasteiger partial charge in [-0.2, -0.15) is 0 Å². The Labute approximate surface area is 143 Å². The van der Waals surface area contributed by atoms with Gasteiger partial charge in [-0.05, 0) is 29.7 Å². The molecule has 4 heteroatoms. The molecular formula is C20H25NO3. The third-order valence-electron chi connectivity index (χ3n) is 4.01.